The van der Waals surface area contributed by atoms with Crippen molar-refractivity contribution in [3.63, 3.8) is 0 Å². The van der Waals surface area contributed by atoms with Crippen LogP contribution in [0.2, 0.25) is 0 Å². The molecule has 0 radical (unpaired) electrons. The van der Waals surface area contributed by atoms with Gasteiger partial charge in [-0.3, -0.25) is 14.7 Å². The minimum atomic E-state index is -0.832. The summed E-state index contributed by atoms with van der Waals surface area (Å²) in [6.07, 6.45) is -0.832. The number of hydrogen-bond acceptors (Lipinski definition) is 6. The van der Waals surface area contributed by atoms with E-state index in [1.807, 2.05) is 12.1 Å². The van der Waals surface area contributed by atoms with Crippen molar-refractivity contribution in [3.8, 4) is 22.8 Å². The predicted octanol–water partition coefficient (Wildman–Crippen LogP) is 2.90. The highest BCUT2D eigenvalue weighted by molar-refractivity contribution is 5.61. The van der Waals surface area contributed by atoms with E-state index in [4.69, 9.17) is 4.74 Å². The molecule has 0 amide bonds. The molecule has 2 aromatic carbocycles. The minimum Gasteiger partial charge on any atom is -0.497 e. The quantitative estimate of drug-likeness (QED) is 0.566. The number of benzene rings is 2. The van der Waals surface area contributed by atoms with Crippen LogP contribution in [0, 0.1) is 10.1 Å². The number of non-ortho nitro benzene ring substituents is 1. The highest BCUT2D eigenvalue weighted by Gasteiger charge is 2.19. The Kier molecular flexibility index (Phi) is 4.44. The van der Waals surface area contributed by atoms with E-state index >= 15 is 0 Å². The lowest BCUT2D eigenvalue weighted by molar-refractivity contribution is -0.384. The molecule has 1 heterocycles. The summed E-state index contributed by atoms with van der Waals surface area (Å²) < 4.78 is 6.87. The molecule has 0 aliphatic heterocycles. The van der Waals surface area contributed by atoms with Crippen LogP contribution in [0.25, 0.3) is 17.1 Å². The summed E-state index contributed by atoms with van der Waals surface area (Å²) in [5.74, 6) is 1.56. The molecule has 1 aromatic heterocycles. The van der Waals surface area contributed by atoms with Gasteiger partial charge in [0.25, 0.3) is 5.69 Å². The molecular formula is C17H16N4O4. The standard InChI is InChI=1S/C17H16N4O4/c1-11(22)16-18-19-17(12-3-5-14(6-4-12)21(23)24)20(16)13-7-9-15(25-2)10-8-13/h3-11,22H,1-2H3. The normalized spacial score (nSPS) is 12.0. The fraction of sp³-hybridized carbons (Fsp3) is 0.176. The van der Waals surface area contributed by atoms with Crippen molar-refractivity contribution in [1.82, 2.24) is 14.8 Å². The number of aromatic nitrogens is 3. The topological polar surface area (TPSA) is 103 Å². The van der Waals surface area contributed by atoms with E-state index in [9.17, 15) is 15.2 Å². The Bertz CT molecular complexity index is 886. The number of aliphatic hydroxyl groups is 1. The smallest absolute Gasteiger partial charge is 0.269 e. The molecule has 0 aliphatic carbocycles. The molecule has 0 spiro atoms. The average molecular weight is 340 g/mol. The van der Waals surface area contributed by atoms with Gasteiger partial charge in [-0.2, -0.15) is 0 Å². The largest absolute Gasteiger partial charge is 0.497 e. The molecule has 25 heavy (non-hydrogen) atoms. The van der Waals surface area contributed by atoms with Crippen molar-refractivity contribution in [2.24, 2.45) is 0 Å². The minimum absolute atomic E-state index is 0.00462. The summed E-state index contributed by atoms with van der Waals surface area (Å²) in [7, 11) is 1.58. The zero-order valence-electron chi connectivity index (χ0n) is 13.7. The molecule has 128 valence electrons. The number of hydrogen-bond donors (Lipinski definition) is 1. The van der Waals surface area contributed by atoms with E-state index in [0.717, 1.165) is 5.69 Å². The van der Waals surface area contributed by atoms with Gasteiger partial charge in [0.2, 0.25) is 0 Å². The number of nitro benzene ring substituents is 1. The first-order valence-corrected chi connectivity index (χ1v) is 7.54. The van der Waals surface area contributed by atoms with Crippen LogP contribution in [0.4, 0.5) is 5.69 Å². The van der Waals surface area contributed by atoms with Crippen LogP contribution in [0.3, 0.4) is 0 Å². The van der Waals surface area contributed by atoms with Gasteiger partial charge in [-0.25, -0.2) is 0 Å². The molecule has 1 N–H and O–H groups in total. The summed E-state index contributed by atoms with van der Waals surface area (Å²) in [6, 6.07) is 13.3. The van der Waals surface area contributed by atoms with Crippen LogP contribution in [-0.4, -0.2) is 31.9 Å². The van der Waals surface area contributed by atoms with Crippen LogP contribution >= 0.6 is 0 Å². The van der Waals surface area contributed by atoms with Crippen molar-refractivity contribution in [3.05, 3.63) is 64.5 Å². The first-order valence-electron chi connectivity index (χ1n) is 7.54. The van der Waals surface area contributed by atoms with Crippen LogP contribution in [-0.2, 0) is 0 Å². The van der Waals surface area contributed by atoms with Gasteiger partial charge in [0.1, 0.15) is 11.9 Å². The molecule has 0 saturated carbocycles. The van der Waals surface area contributed by atoms with Gasteiger partial charge in [0.05, 0.1) is 12.0 Å². The zero-order chi connectivity index (χ0) is 18.0. The third-order valence-corrected chi connectivity index (χ3v) is 3.73. The molecule has 8 heteroatoms. The monoisotopic (exact) mass is 340 g/mol. The van der Waals surface area contributed by atoms with E-state index in [1.165, 1.54) is 12.1 Å². The maximum atomic E-state index is 10.8. The lowest BCUT2D eigenvalue weighted by Crippen LogP contribution is -2.06. The summed E-state index contributed by atoms with van der Waals surface area (Å²) in [6.45, 7) is 1.60. The van der Waals surface area contributed by atoms with Gasteiger partial charge in [0.15, 0.2) is 11.6 Å². The van der Waals surface area contributed by atoms with Crippen molar-refractivity contribution < 1.29 is 14.8 Å². The number of methoxy groups -OCH3 is 1. The molecule has 3 rings (SSSR count). The number of rotatable bonds is 5. The van der Waals surface area contributed by atoms with Gasteiger partial charge in [0, 0.05) is 23.4 Å². The molecule has 0 bridgehead atoms. The summed E-state index contributed by atoms with van der Waals surface area (Å²) in [5.41, 5.74) is 1.39. The van der Waals surface area contributed by atoms with E-state index in [0.29, 0.717) is 23.0 Å². The number of aliphatic hydroxyl groups excluding tert-OH is 1. The Balaban J connectivity index is 2.12. The molecular weight excluding hydrogens is 324 g/mol. The van der Waals surface area contributed by atoms with E-state index in [-0.39, 0.29) is 5.69 Å². The van der Waals surface area contributed by atoms with E-state index in [2.05, 4.69) is 10.2 Å². The number of nitrogens with zero attached hydrogens (tertiary/aromatic N) is 4. The lowest BCUT2D eigenvalue weighted by atomic mass is 10.2. The van der Waals surface area contributed by atoms with Crippen molar-refractivity contribution in [2.45, 2.75) is 13.0 Å². The van der Waals surface area contributed by atoms with E-state index < -0.39 is 11.0 Å². The average Bonchev–Trinajstić information content (AvgIpc) is 3.07. The van der Waals surface area contributed by atoms with Crippen LogP contribution < -0.4 is 4.74 Å². The van der Waals surface area contributed by atoms with E-state index in [1.54, 1.807) is 42.9 Å². The van der Waals surface area contributed by atoms with Gasteiger partial charge >= 0.3 is 0 Å². The summed E-state index contributed by atoms with van der Waals surface area (Å²) in [5, 5.41) is 29.0. The lowest BCUT2D eigenvalue weighted by Gasteiger charge is -2.12. The summed E-state index contributed by atoms with van der Waals surface area (Å²) >= 11 is 0. The van der Waals surface area contributed by atoms with Crippen molar-refractivity contribution in [1.29, 1.82) is 0 Å². The van der Waals surface area contributed by atoms with Gasteiger partial charge in [-0.15, -0.1) is 10.2 Å². The maximum Gasteiger partial charge on any atom is 0.269 e. The highest BCUT2D eigenvalue weighted by Crippen LogP contribution is 2.28. The highest BCUT2D eigenvalue weighted by atomic mass is 16.6. The van der Waals surface area contributed by atoms with Crippen LogP contribution in [0.1, 0.15) is 18.9 Å². The third kappa shape index (κ3) is 3.20. The Hall–Kier alpha value is -3.26. The predicted molar refractivity (Wildman–Crippen MR) is 90.6 cm³/mol. The maximum absolute atomic E-state index is 10.8. The van der Waals surface area contributed by atoms with Crippen LogP contribution in [0.5, 0.6) is 5.75 Å². The molecule has 0 saturated heterocycles. The fourth-order valence-electron chi connectivity index (χ4n) is 2.47. The Morgan fingerprint density at radius 3 is 2.28 bits per heavy atom. The van der Waals surface area contributed by atoms with Gasteiger partial charge < -0.3 is 9.84 Å². The Labute approximate surface area is 143 Å². The second-order valence-corrected chi connectivity index (χ2v) is 5.40. The first kappa shape index (κ1) is 16.6. The second kappa shape index (κ2) is 6.70. The number of ether oxygens (including phenoxy) is 1. The SMILES string of the molecule is COc1ccc(-n2c(-c3ccc([N+](=O)[O-])cc3)nnc2C(C)O)cc1. The van der Waals surface area contributed by atoms with Crippen molar-refractivity contribution in [2.75, 3.05) is 7.11 Å². The Morgan fingerprint density at radius 1 is 1.12 bits per heavy atom. The van der Waals surface area contributed by atoms with Crippen molar-refractivity contribution >= 4 is 5.69 Å². The third-order valence-electron chi connectivity index (χ3n) is 3.73. The number of nitro groups is 1. The summed E-state index contributed by atoms with van der Waals surface area (Å²) in [4.78, 5) is 10.4. The fourth-order valence-corrected chi connectivity index (χ4v) is 2.47. The molecule has 0 aliphatic rings. The van der Waals surface area contributed by atoms with Crippen LogP contribution in [0.15, 0.2) is 48.5 Å². The second-order valence-electron chi connectivity index (χ2n) is 5.40. The molecule has 8 nitrogen and oxygen atoms in total. The molecule has 1 unspecified atom stereocenters. The first-order chi connectivity index (χ1) is 12.0. The van der Waals surface area contributed by atoms with Gasteiger partial charge in [-0.05, 0) is 43.3 Å². The van der Waals surface area contributed by atoms with Gasteiger partial charge in [-0.1, -0.05) is 0 Å². The molecule has 1 atom stereocenters. The molecule has 0 fully saturated rings. The Morgan fingerprint density at radius 2 is 1.76 bits per heavy atom. The molecule has 3 aromatic rings. The zero-order valence-corrected chi connectivity index (χ0v) is 13.7.